The van der Waals surface area contributed by atoms with E-state index in [4.69, 9.17) is 5.11 Å². The molecule has 2 aromatic heterocycles. The fourth-order valence-electron chi connectivity index (χ4n) is 1.25. The van der Waals surface area contributed by atoms with Gasteiger partial charge in [-0.25, -0.2) is 9.97 Å². The minimum absolute atomic E-state index is 0.0144. The second-order valence-electron chi connectivity index (χ2n) is 3.42. The topological polar surface area (TPSA) is 68.0 Å². The van der Waals surface area contributed by atoms with Crippen molar-refractivity contribution in [1.82, 2.24) is 14.5 Å². The molecule has 0 spiro atoms. The minimum atomic E-state index is -0.851. The number of thiazole rings is 1. The van der Waals surface area contributed by atoms with Crippen LogP contribution in [0.2, 0.25) is 0 Å². The average molecular weight is 269 g/mol. The number of thioether (sulfide) groups is 1. The molecule has 0 atom stereocenters. The largest absolute Gasteiger partial charge is 0.481 e. The molecule has 0 saturated heterocycles. The second kappa shape index (κ2) is 5.33. The van der Waals surface area contributed by atoms with Crippen molar-refractivity contribution in [3.63, 3.8) is 0 Å². The summed E-state index contributed by atoms with van der Waals surface area (Å²) in [4.78, 5) is 19.0. The van der Waals surface area contributed by atoms with Gasteiger partial charge in [-0.05, 0) is 0 Å². The number of aryl methyl sites for hydroxylation is 1. The quantitative estimate of drug-likeness (QED) is 0.838. The maximum Gasteiger partial charge on any atom is 0.309 e. The molecule has 0 aliphatic heterocycles. The van der Waals surface area contributed by atoms with Crippen LogP contribution >= 0.6 is 23.1 Å². The van der Waals surface area contributed by atoms with Crippen LogP contribution in [0.4, 0.5) is 0 Å². The third kappa shape index (κ3) is 3.31. The molecule has 0 amide bonds. The van der Waals surface area contributed by atoms with Crippen molar-refractivity contribution in [2.75, 3.05) is 0 Å². The number of carboxylic acids is 1. The molecular weight excluding hydrogens is 258 g/mol. The summed E-state index contributed by atoms with van der Waals surface area (Å²) in [6.45, 7) is 0. The smallest absolute Gasteiger partial charge is 0.309 e. The molecule has 0 radical (unpaired) electrons. The lowest BCUT2D eigenvalue weighted by Crippen LogP contribution is -1.99. The Morgan fingerprint density at radius 3 is 3.12 bits per heavy atom. The summed E-state index contributed by atoms with van der Waals surface area (Å²) >= 11 is 3.04. The van der Waals surface area contributed by atoms with Crippen molar-refractivity contribution in [1.29, 1.82) is 0 Å². The number of hydrogen-bond donors (Lipinski definition) is 1. The Hall–Kier alpha value is -1.34. The van der Waals surface area contributed by atoms with E-state index in [-0.39, 0.29) is 6.42 Å². The zero-order chi connectivity index (χ0) is 12.3. The summed E-state index contributed by atoms with van der Waals surface area (Å²) in [5.74, 6) is 0.865. The second-order valence-corrected chi connectivity index (χ2v) is 5.50. The molecule has 17 heavy (non-hydrogen) atoms. The van der Waals surface area contributed by atoms with E-state index < -0.39 is 5.97 Å². The molecule has 0 aromatic carbocycles. The summed E-state index contributed by atoms with van der Waals surface area (Å²) in [5.41, 5.74) is 0.616. The Bertz CT molecular complexity index is 521. The molecule has 7 heteroatoms. The van der Waals surface area contributed by atoms with E-state index in [0.29, 0.717) is 5.69 Å². The van der Waals surface area contributed by atoms with Gasteiger partial charge in [-0.15, -0.1) is 11.3 Å². The van der Waals surface area contributed by atoms with Crippen molar-refractivity contribution in [3.05, 3.63) is 29.3 Å². The summed E-state index contributed by atoms with van der Waals surface area (Å²) in [7, 11) is 1.95. The van der Waals surface area contributed by atoms with Crippen LogP contribution in [0.15, 0.2) is 22.1 Å². The Morgan fingerprint density at radius 2 is 2.47 bits per heavy atom. The fraction of sp³-hybridized carbons (Fsp3) is 0.300. The van der Waals surface area contributed by atoms with E-state index in [2.05, 4.69) is 9.97 Å². The molecule has 90 valence electrons. The number of hydrogen-bond acceptors (Lipinski definition) is 5. The summed E-state index contributed by atoms with van der Waals surface area (Å²) in [6.07, 6.45) is 3.64. The SMILES string of the molecule is Cn1ccnc1CSc1nc(CC(=O)O)cs1. The first-order valence-corrected chi connectivity index (χ1v) is 6.77. The lowest BCUT2D eigenvalue weighted by Gasteiger charge is -1.98. The Morgan fingerprint density at radius 1 is 1.65 bits per heavy atom. The van der Waals surface area contributed by atoms with E-state index in [1.807, 2.05) is 17.8 Å². The Kier molecular flexibility index (Phi) is 3.80. The van der Waals surface area contributed by atoms with E-state index in [1.54, 1.807) is 23.3 Å². The molecule has 0 unspecified atom stereocenters. The third-order valence-corrected chi connectivity index (χ3v) is 4.17. The van der Waals surface area contributed by atoms with Crippen molar-refractivity contribution < 1.29 is 9.90 Å². The van der Waals surface area contributed by atoms with Gasteiger partial charge in [0.1, 0.15) is 5.82 Å². The van der Waals surface area contributed by atoms with Gasteiger partial charge in [0.2, 0.25) is 0 Å². The number of nitrogens with zero attached hydrogens (tertiary/aromatic N) is 3. The zero-order valence-corrected chi connectivity index (χ0v) is 10.8. The van der Waals surface area contributed by atoms with Gasteiger partial charge in [-0.1, -0.05) is 11.8 Å². The number of rotatable bonds is 5. The van der Waals surface area contributed by atoms with E-state index >= 15 is 0 Å². The van der Waals surface area contributed by atoms with Crippen LogP contribution in [0.1, 0.15) is 11.5 Å². The monoisotopic (exact) mass is 269 g/mol. The van der Waals surface area contributed by atoms with Gasteiger partial charge in [0, 0.05) is 24.8 Å². The molecule has 0 aliphatic carbocycles. The lowest BCUT2D eigenvalue weighted by atomic mass is 10.3. The van der Waals surface area contributed by atoms with E-state index in [9.17, 15) is 4.79 Å². The number of carbonyl (C=O) groups is 1. The maximum absolute atomic E-state index is 10.5. The van der Waals surface area contributed by atoms with Crippen LogP contribution in [0.3, 0.4) is 0 Å². The highest BCUT2D eigenvalue weighted by atomic mass is 32.2. The standard InChI is InChI=1S/C10H11N3O2S2/c1-13-3-2-11-8(13)6-17-10-12-7(5-16-10)4-9(14)15/h2-3,5H,4,6H2,1H3,(H,14,15). The highest BCUT2D eigenvalue weighted by molar-refractivity contribution is 8.00. The Balaban J connectivity index is 1.93. The lowest BCUT2D eigenvalue weighted by molar-refractivity contribution is -0.136. The highest BCUT2D eigenvalue weighted by Crippen LogP contribution is 2.25. The molecule has 5 nitrogen and oxygen atoms in total. The normalized spacial score (nSPS) is 10.6. The van der Waals surface area contributed by atoms with Crippen LogP contribution in [-0.2, 0) is 24.0 Å². The van der Waals surface area contributed by atoms with Crippen molar-refractivity contribution in [3.8, 4) is 0 Å². The van der Waals surface area contributed by atoms with Crippen molar-refractivity contribution in [2.24, 2.45) is 7.05 Å². The predicted molar refractivity (Wildman–Crippen MR) is 66.2 cm³/mol. The van der Waals surface area contributed by atoms with E-state index in [1.165, 1.54) is 11.3 Å². The predicted octanol–water partition coefficient (Wildman–Crippen LogP) is 1.80. The zero-order valence-electron chi connectivity index (χ0n) is 9.16. The fourth-order valence-corrected chi connectivity index (χ4v) is 3.10. The molecule has 0 fully saturated rings. The number of carboxylic acid groups (broad SMARTS) is 1. The van der Waals surface area contributed by atoms with Gasteiger partial charge in [0.25, 0.3) is 0 Å². The molecule has 2 rings (SSSR count). The van der Waals surface area contributed by atoms with Gasteiger partial charge in [0.05, 0.1) is 17.9 Å². The van der Waals surface area contributed by atoms with Crippen LogP contribution in [0, 0.1) is 0 Å². The highest BCUT2D eigenvalue weighted by Gasteiger charge is 2.07. The first kappa shape index (κ1) is 12.1. The van der Waals surface area contributed by atoms with Crippen LogP contribution in [0.5, 0.6) is 0 Å². The van der Waals surface area contributed by atoms with Gasteiger partial charge >= 0.3 is 5.97 Å². The van der Waals surface area contributed by atoms with Crippen LogP contribution in [-0.4, -0.2) is 25.6 Å². The molecule has 2 heterocycles. The molecule has 1 N–H and O–H groups in total. The minimum Gasteiger partial charge on any atom is -0.481 e. The molecule has 0 bridgehead atoms. The average Bonchev–Trinajstić information content (AvgIpc) is 2.84. The van der Waals surface area contributed by atoms with Crippen LogP contribution < -0.4 is 0 Å². The summed E-state index contributed by atoms with van der Waals surface area (Å²) in [5, 5.41) is 10.4. The van der Waals surface area contributed by atoms with Crippen LogP contribution in [0.25, 0.3) is 0 Å². The van der Waals surface area contributed by atoms with Gasteiger partial charge in [-0.3, -0.25) is 4.79 Å². The number of aromatic nitrogens is 3. The number of aliphatic carboxylic acids is 1. The first-order valence-electron chi connectivity index (χ1n) is 4.90. The van der Waals surface area contributed by atoms with Gasteiger partial charge in [0.15, 0.2) is 4.34 Å². The number of imidazole rings is 1. The van der Waals surface area contributed by atoms with Gasteiger partial charge < -0.3 is 9.67 Å². The van der Waals surface area contributed by atoms with Crippen molar-refractivity contribution >= 4 is 29.1 Å². The molecule has 0 aliphatic rings. The molecular formula is C10H11N3O2S2. The summed E-state index contributed by atoms with van der Waals surface area (Å²) in [6, 6.07) is 0. The van der Waals surface area contributed by atoms with Gasteiger partial charge in [-0.2, -0.15) is 0 Å². The third-order valence-electron chi connectivity index (χ3n) is 2.11. The Labute approximate surface area is 107 Å². The maximum atomic E-state index is 10.5. The summed E-state index contributed by atoms with van der Waals surface area (Å²) < 4.78 is 2.84. The van der Waals surface area contributed by atoms with Crippen molar-refractivity contribution in [2.45, 2.75) is 16.5 Å². The first-order chi connectivity index (χ1) is 8.15. The van der Waals surface area contributed by atoms with E-state index in [0.717, 1.165) is 15.9 Å². The molecule has 0 saturated carbocycles. The molecule has 2 aromatic rings.